The normalized spacial score (nSPS) is 11.0. The second kappa shape index (κ2) is 5.65. The van der Waals surface area contributed by atoms with Gasteiger partial charge in [-0.15, -0.1) is 0 Å². The Labute approximate surface area is 135 Å². The molecule has 0 atom stereocenters. The molecule has 3 N–H and O–H groups in total. The van der Waals surface area contributed by atoms with Crippen LogP contribution in [0.4, 0.5) is 11.4 Å². The van der Waals surface area contributed by atoms with Crippen LogP contribution in [0.25, 0.3) is 21.5 Å². The van der Waals surface area contributed by atoms with Crippen LogP contribution in [-0.2, 0) is 6.54 Å². The van der Waals surface area contributed by atoms with E-state index < -0.39 is 0 Å². The number of nitrogens with two attached hydrogens (primary N) is 1. The van der Waals surface area contributed by atoms with Crippen molar-refractivity contribution >= 4 is 32.9 Å². The SMILES string of the molecule is Nc1ccccc1NCc1c2ccccc2cc2ccccc12. The molecule has 0 amide bonds. The number of para-hydroxylation sites is 2. The third-order valence-electron chi connectivity index (χ3n) is 4.30. The van der Waals surface area contributed by atoms with E-state index in [2.05, 4.69) is 59.9 Å². The lowest BCUT2D eigenvalue weighted by Gasteiger charge is -2.14. The molecule has 0 unspecified atom stereocenters. The minimum absolute atomic E-state index is 0.746. The Morgan fingerprint density at radius 2 is 1.26 bits per heavy atom. The highest BCUT2D eigenvalue weighted by Gasteiger charge is 2.07. The van der Waals surface area contributed by atoms with Crippen molar-refractivity contribution in [3.8, 4) is 0 Å². The van der Waals surface area contributed by atoms with E-state index in [4.69, 9.17) is 5.73 Å². The van der Waals surface area contributed by atoms with Crippen molar-refractivity contribution in [2.75, 3.05) is 11.1 Å². The molecule has 4 rings (SSSR count). The lowest BCUT2D eigenvalue weighted by atomic mass is 9.96. The summed E-state index contributed by atoms with van der Waals surface area (Å²) < 4.78 is 0. The van der Waals surface area contributed by atoms with Crippen molar-refractivity contribution in [3.63, 3.8) is 0 Å². The molecular formula is C21H18N2. The highest BCUT2D eigenvalue weighted by Crippen LogP contribution is 2.29. The second-order valence-electron chi connectivity index (χ2n) is 5.74. The van der Waals surface area contributed by atoms with Gasteiger partial charge in [0.05, 0.1) is 11.4 Å². The number of nitrogens with one attached hydrogen (secondary N) is 1. The van der Waals surface area contributed by atoms with E-state index in [-0.39, 0.29) is 0 Å². The second-order valence-corrected chi connectivity index (χ2v) is 5.74. The van der Waals surface area contributed by atoms with Crippen LogP contribution in [0.1, 0.15) is 5.56 Å². The van der Waals surface area contributed by atoms with Gasteiger partial charge in [0.25, 0.3) is 0 Å². The van der Waals surface area contributed by atoms with E-state index in [1.54, 1.807) is 0 Å². The summed E-state index contributed by atoms with van der Waals surface area (Å²) in [5, 5.41) is 8.59. The third-order valence-corrected chi connectivity index (χ3v) is 4.30. The molecule has 0 saturated carbocycles. The predicted octanol–water partition coefficient (Wildman–Crippen LogP) is 5.19. The van der Waals surface area contributed by atoms with Crippen LogP contribution in [0.3, 0.4) is 0 Å². The molecule has 0 aromatic heterocycles. The number of fused-ring (bicyclic) bond motifs is 2. The topological polar surface area (TPSA) is 38.0 Å². The van der Waals surface area contributed by atoms with Crippen molar-refractivity contribution in [3.05, 3.63) is 84.4 Å². The van der Waals surface area contributed by atoms with Gasteiger partial charge in [0, 0.05) is 6.54 Å². The minimum Gasteiger partial charge on any atom is -0.397 e. The molecule has 23 heavy (non-hydrogen) atoms. The third kappa shape index (κ3) is 2.49. The standard InChI is InChI=1S/C21H18N2/c22-20-11-5-6-12-21(20)23-14-19-17-9-3-1-7-15(17)13-16-8-2-4-10-18(16)19/h1-13,23H,14,22H2. The Morgan fingerprint density at radius 1 is 0.696 bits per heavy atom. The number of nitrogen functional groups attached to an aromatic ring is 1. The average Bonchev–Trinajstić information content (AvgIpc) is 2.60. The van der Waals surface area contributed by atoms with Crippen molar-refractivity contribution in [1.29, 1.82) is 0 Å². The van der Waals surface area contributed by atoms with Crippen LogP contribution in [0.5, 0.6) is 0 Å². The molecule has 0 aliphatic heterocycles. The van der Waals surface area contributed by atoms with Crippen LogP contribution >= 0.6 is 0 Å². The molecule has 0 aliphatic carbocycles. The number of rotatable bonds is 3. The Balaban J connectivity index is 1.84. The quantitative estimate of drug-likeness (QED) is 0.403. The minimum atomic E-state index is 0.746. The fraction of sp³-hybridized carbons (Fsp3) is 0.0476. The van der Waals surface area contributed by atoms with E-state index in [0.717, 1.165) is 17.9 Å². The predicted molar refractivity (Wildman–Crippen MR) is 99.6 cm³/mol. The highest BCUT2D eigenvalue weighted by molar-refractivity contribution is 6.02. The molecule has 0 heterocycles. The summed E-state index contributed by atoms with van der Waals surface area (Å²) in [6.45, 7) is 0.746. The lowest BCUT2D eigenvalue weighted by molar-refractivity contribution is 1.19. The Hall–Kier alpha value is -3.00. The van der Waals surface area contributed by atoms with Gasteiger partial charge in [-0.3, -0.25) is 0 Å². The van der Waals surface area contributed by atoms with E-state index >= 15 is 0 Å². The Bertz CT molecular complexity index is 935. The fourth-order valence-corrected chi connectivity index (χ4v) is 3.14. The molecule has 2 nitrogen and oxygen atoms in total. The summed E-state index contributed by atoms with van der Waals surface area (Å²) in [7, 11) is 0. The molecule has 0 saturated heterocycles. The average molecular weight is 298 g/mol. The number of benzene rings is 4. The van der Waals surface area contributed by atoms with Crippen molar-refractivity contribution in [2.24, 2.45) is 0 Å². The van der Waals surface area contributed by atoms with Gasteiger partial charge in [-0.25, -0.2) is 0 Å². The first kappa shape index (κ1) is 13.6. The lowest BCUT2D eigenvalue weighted by Crippen LogP contribution is -2.03. The first-order valence-corrected chi connectivity index (χ1v) is 7.81. The van der Waals surface area contributed by atoms with Gasteiger partial charge in [0.1, 0.15) is 0 Å². The van der Waals surface area contributed by atoms with Gasteiger partial charge in [-0.1, -0.05) is 60.7 Å². The monoisotopic (exact) mass is 298 g/mol. The van der Waals surface area contributed by atoms with Crippen molar-refractivity contribution in [2.45, 2.75) is 6.54 Å². The van der Waals surface area contributed by atoms with Gasteiger partial charge in [0.15, 0.2) is 0 Å². The van der Waals surface area contributed by atoms with Crippen LogP contribution in [-0.4, -0.2) is 0 Å². The molecule has 4 aromatic rings. The maximum Gasteiger partial charge on any atom is 0.0576 e. The van der Waals surface area contributed by atoms with Crippen LogP contribution < -0.4 is 11.1 Å². The van der Waals surface area contributed by atoms with Crippen LogP contribution in [0.2, 0.25) is 0 Å². The largest absolute Gasteiger partial charge is 0.397 e. The van der Waals surface area contributed by atoms with Crippen LogP contribution in [0, 0.1) is 0 Å². The number of hydrogen-bond donors (Lipinski definition) is 2. The summed E-state index contributed by atoms with van der Waals surface area (Å²) >= 11 is 0. The summed E-state index contributed by atoms with van der Waals surface area (Å²) in [4.78, 5) is 0. The molecule has 0 radical (unpaired) electrons. The Morgan fingerprint density at radius 3 is 1.91 bits per heavy atom. The van der Waals surface area contributed by atoms with E-state index in [0.29, 0.717) is 0 Å². The van der Waals surface area contributed by atoms with Crippen LogP contribution in [0.15, 0.2) is 78.9 Å². The molecule has 0 bridgehead atoms. The van der Waals surface area contributed by atoms with E-state index in [1.807, 2.05) is 24.3 Å². The molecule has 112 valence electrons. The smallest absolute Gasteiger partial charge is 0.0576 e. The van der Waals surface area contributed by atoms with Gasteiger partial charge in [-0.2, -0.15) is 0 Å². The molecular weight excluding hydrogens is 280 g/mol. The highest BCUT2D eigenvalue weighted by atomic mass is 14.9. The Kier molecular flexibility index (Phi) is 3.35. The van der Waals surface area contributed by atoms with Gasteiger partial charge in [0.2, 0.25) is 0 Å². The van der Waals surface area contributed by atoms with Gasteiger partial charge < -0.3 is 11.1 Å². The number of hydrogen-bond acceptors (Lipinski definition) is 2. The number of anilines is 2. The summed E-state index contributed by atoms with van der Waals surface area (Å²) in [6.07, 6.45) is 0. The molecule has 0 spiro atoms. The first-order valence-electron chi connectivity index (χ1n) is 7.81. The molecule has 0 aliphatic rings. The summed E-state index contributed by atoms with van der Waals surface area (Å²) in [5.74, 6) is 0. The molecule has 4 aromatic carbocycles. The van der Waals surface area contributed by atoms with Crippen molar-refractivity contribution < 1.29 is 0 Å². The van der Waals surface area contributed by atoms with E-state index in [1.165, 1.54) is 27.1 Å². The molecule has 2 heteroatoms. The zero-order chi connectivity index (χ0) is 15.6. The summed E-state index contributed by atoms with van der Waals surface area (Å²) in [6, 6.07) is 27.2. The van der Waals surface area contributed by atoms with E-state index in [9.17, 15) is 0 Å². The fourth-order valence-electron chi connectivity index (χ4n) is 3.14. The maximum atomic E-state index is 6.05. The van der Waals surface area contributed by atoms with Gasteiger partial charge in [-0.05, 0) is 45.3 Å². The zero-order valence-corrected chi connectivity index (χ0v) is 12.8. The molecule has 0 fully saturated rings. The van der Waals surface area contributed by atoms with Gasteiger partial charge >= 0.3 is 0 Å². The maximum absolute atomic E-state index is 6.05. The first-order chi connectivity index (χ1) is 11.3. The zero-order valence-electron chi connectivity index (χ0n) is 12.8. The van der Waals surface area contributed by atoms with Crippen molar-refractivity contribution in [1.82, 2.24) is 0 Å². The summed E-state index contributed by atoms with van der Waals surface area (Å²) in [5.41, 5.74) is 9.11.